The first-order valence-electron chi connectivity index (χ1n) is 4.83. The zero-order chi connectivity index (χ0) is 9.10. The van der Waals surface area contributed by atoms with E-state index in [-0.39, 0.29) is 18.2 Å². The molecule has 1 aromatic rings. The Morgan fingerprint density at radius 2 is 2.00 bits per heavy atom. The van der Waals surface area contributed by atoms with Gasteiger partial charge in [-0.05, 0) is 18.9 Å². The molecule has 2 rings (SSSR count). The van der Waals surface area contributed by atoms with E-state index in [0.717, 1.165) is 5.56 Å². The summed E-state index contributed by atoms with van der Waals surface area (Å²) in [7, 11) is 0. The van der Waals surface area contributed by atoms with Crippen LogP contribution >= 0.6 is 12.4 Å². The molecule has 1 aliphatic rings. The van der Waals surface area contributed by atoms with Gasteiger partial charge in [0.1, 0.15) is 5.82 Å². The molecule has 0 heterocycles. The van der Waals surface area contributed by atoms with E-state index >= 15 is 0 Å². The van der Waals surface area contributed by atoms with Gasteiger partial charge >= 0.3 is 0 Å². The molecule has 78 valence electrons. The summed E-state index contributed by atoms with van der Waals surface area (Å²) in [6.07, 6.45) is 3.80. The van der Waals surface area contributed by atoms with Gasteiger partial charge in [-0.3, -0.25) is 0 Å². The minimum atomic E-state index is -0.102. The number of nitrogens with one attached hydrogen (secondary N) is 1. The van der Waals surface area contributed by atoms with Gasteiger partial charge in [-0.15, -0.1) is 12.4 Å². The van der Waals surface area contributed by atoms with E-state index < -0.39 is 0 Å². The maximum atomic E-state index is 13.1. The molecule has 1 aromatic carbocycles. The van der Waals surface area contributed by atoms with E-state index in [0.29, 0.717) is 12.6 Å². The van der Waals surface area contributed by atoms with Crippen LogP contribution in [0.3, 0.4) is 0 Å². The van der Waals surface area contributed by atoms with Crippen LogP contribution in [0.2, 0.25) is 0 Å². The summed E-state index contributed by atoms with van der Waals surface area (Å²) in [5.74, 6) is -0.102. The molecule has 0 bridgehead atoms. The van der Waals surface area contributed by atoms with Crippen molar-refractivity contribution in [2.75, 3.05) is 0 Å². The van der Waals surface area contributed by atoms with E-state index in [1.807, 2.05) is 12.1 Å². The fourth-order valence-corrected chi connectivity index (χ4v) is 1.51. The minimum Gasteiger partial charge on any atom is -0.310 e. The highest BCUT2D eigenvalue weighted by atomic mass is 35.5. The van der Waals surface area contributed by atoms with Crippen molar-refractivity contribution in [2.45, 2.75) is 31.8 Å². The number of halogens is 2. The first kappa shape index (κ1) is 11.5. The van der Waals surface area contributed by atoms with Crippen LogP contribution < -0.4 is 5.32 Å². The number of rotatable bonds is 3. The maximum absolute atomic E-state index is 13.1. The molecular weight excluding hydrogens is 201 g/mol. The molecule has 0 amide bonds. The van der Waals surface area contributed by atoms with Gasteiger partial charge in [0.15, 0.2) is 0 Å². The van der Waals surface area contributed by atoms with Gasteiger partial charge in [0, 0.05) is 18.2 Å². The lowest BCUT2D eigenvalue weighted by atomic mass is 9.93. The normalized spacial score (nSPS) is 15.8. The number of benzene rings is 1. The summed E-state index contributed by atoms with van der Waals surface area (Å²) < 4.78 is 13.1. The highest BCUT2D eigenvalue weighted by Crippen LogP contribution is 2.18. The van der Waals surface area contributed by atoms with Crippen molar-refractivity contribution < 1.29 is 4.39 Å². The lowest BCUT2D eigenvalue weighted by Crippen LogP contribution is -2.34. The molecule has 14 heavy (non-hydrogen) atoms. The van der Waals surface area contributed by atoms with E-state index in [1.165, 1.54) is 25.3 Å². The molecule has 0 saturated heterocycles. The average molecular weight is 216 g/mol. The lowest BCUT2D eigenvalue weighted by Gasteiger charge is -2.26. The van der Waals surface area contributed by atoms with E-state index in [4.69, 9.17) is 0 Å². The molecule has 1 saturated carbocycles. The van der Waals surface area contributed by atoms with Crippen LogP contribution in [0.15, 0.2) is 24.3 Å². The average Bonchev–Trinajstić information content (AvgIpc) is 2.05. The number of hydrogen-bond donors (Lipinski definition) is 1. The van der Waals surface area contributed by atoms with Crippen LogP contribution in [0.4, 0.5) is 4.39 Å². The fraction of sp³-hybridized carbons (Fsp3) is 0.455. The Morgan fingerprint density at radius 3 is 2.57 bits per heavy atom. The monoisotopic (exact) mass is 215 g/mol. The Hall–Kier alpha value is -0.600. The minimum absolute atomic E-state index is 0. The second-order valence-electron chi connectivity index (χ2n) is 3.60. The van der Waals surface area contributed by atoms with Gasteiger partial charge in [0.2, 0.25) is 0 Å². The number of hydrogen-bond acceptors (Lipinski definition) is 1. The fourth-order valence-electron chi connectivity index (χ4n) is 1.51. The van der Waals surface area contributed by atoms with Crippen molar-refractivity contribution in [3.63, 3.8) is 0 Å². The van der Waals surface area contributed by atoms with Crippen molar-refractivity contribution in [1.29, 1.82) is 0 Å². The first-order chi connectivity index (χ1) is 6.36. The van der Waals surface area contributed by atoms with E-state index in [1.54, 1.807) is 6.07 Å². The summed E-state index contributed by atoms with van der Waals surface area (Å²) in [6, 6.07) is 7.57. The van der Waals surface area contributed by atoms with Crippen LogP contribution in [0.5, 0.6) is 0 Å². The largest absolute Gasteiger partial charge is 0.310 e. The molecule has 1 nitrogen and oxygen atoms in total. The first-order valence-corrected chi connectivity index (χ1v) is 4.83. The molecule has 3 heteroatoms. The molecule has 1 fully saturated rings. The third kappa shape index (κ3) is 2.69. The molecular formula is C11H15ClFN. The van der Waals surface area contributed by atoms with E-state index in [9.17, 15) is 4.39 Å². The van der Waals surface area contributed by atoms with Crippen molar-refractivity contribution in [3.05, 3.63) is 35.6 Å². The molecule has 0 aromatic heterocycles. The molecule has 0 atom stereocenters. The summed E-state index contributed by atoms with van der Waals surface area (Å²) in [5, 5.41) is 3.34. The Bertz CT molecular complexity index is 286. The molecule has 1 N–H and O–H groups in total. The summed E-state index contributed by atoms with van der Waals surface area (Å²) in [6.45, 7) is 0.664. The van der Waals surface area contributed by atoms with Crippen LogP contribution in [0.25, 0.3) is 0 Å². The highest BCUT2D eigenvalue weighted by molar-refractivity contribution is 5.85. The summed E-state index contributed by atoms with van der Waals surface area (Å²) >= 11 is 0. The second kappa shape index (κ2) is 5.32. The predicted octanol–water partition coefficient (Wildman–Crippen LogP) is 2.89. The lowest BCUT2D eigenvalue weighted by molar-refractivity contribution is 0.336. The van der Waals surface area contributed by atoms with E-state index in [2.05, 4.69) is 5.32 Å². The van der Waals surface area contributed by atoms with Crippen molar-refractivity contribution in [3.8, 4) is 0 Å². The van der Waals surface area contributed by atoms with Gasteiger partial charge in [0.25, 0.3) is 0 Å². The predicted molar refractivity (Wildman–Crippen MR) is 58.1 cm³/mol. The van der Waals surface area contributed by atoms with Crippen molar-refractivity contribution in [1.82, 2.24) is 5.32 Å². The van der Waals surface area contributed by atoms with Crippen molar-refractivity contribution in [2.24, 2.45) is 0 Å². The quantitative estimate of drug-likeness (QED) is 0.818. The van der Waals surface area contributed by atoms with Crippen LogP contribution in [-0.4, -0.2) is 6.04 Å². The third-order valence-corrected chi connectivity index (χ3v) is 2.64. The Balaban J connectivity index is 0.000000980. The van der Waals surface area contributed by atoms with Gasteiger partial charge in [0.05, 0.1) is 0 Å². The molecule has 0 spiro atoms. The van der Waals surface area contributed by atoms with Gasteiger partial charge in [-0.2, -0.15) is 0 Å². The second-order valence-corrected chi connectivity index (χ2v) is 3.60. The zero-order valence-corrected chi connectivity index (χ0v) is 8.82. The van der Waals surface area contributed by atoms with Crippen LogP contribution in [-0.2, 0) is 6.54 Å². The highest BCUT2D eigenvalue weighted by Gasteiger charge is 2.16. The summed E-state index contributed by atoms with van der Waals surface area (Å²) in [5.41, 5.74) is 0.773. The Labute approximate surface area is 90.1 Å². The van der Waals surface area contributed by atoms with Crippen LogP contribution in [0, 0.1) is 5.82 Å². The van der Waals surface area contributed by atoms with Gasteiger partial charge < -0.3 is 5.32 Å². The molecule has 1 aliphatic carbocycles. The maximum Gasteiger partial charge on any atom is 0.127 e. The third-order valence-electron chi connectivity index (χ3n) is 2.64. The van der Waals surface area contributed by atoms with Crippen LogP contribution in [0.1, 0.15) is 24.8 Å². The zero-order valence-electron chi connectivity index (χ0n) is 8.00. The Morgan fingerprint density at radius 1 is 1.29 bits per heavy atom. The Kier molecular flexibility index (Phi) is 4.36. The standard InChI is InChI=1S/C11H14FN.ClH/c12-11-7-2-1-4-9(11)8-13-10-5-3-6-10;/h1-2,4,7,10,13H,3,5-6,8H2;1H. The smallest absolute Gasteiger partial charge is 0.127 e. The topological polar surface area (TPSA) is 12.0 Å². The molecule has 0 aliphatic heterocycles. The van der Waals surface area contributed by atoms with Gasteiger partial charge in [-0.25, -0.2) is 4.39 Å². The molecule has 0 unspecified atom stereocenters. The SMILES string of the molecule is Cl.Fc1ccccc1CNC1CCC1. The van der Waals surface area contributed by atoms with Gasteiger partial charge in [-0.1, -0.05) is 24.6 Å². The van der Waals surface area contributed by atoms with Crippen molar-refractivity contribution >= 4 is 12.4 Å². The summed E-state index contributed by atoms with van der Waals surface area (Å²) in [4.78, 5) is 0. The molecule has 0 radical (unpaired) electrons.